The van der Waals surface area contributed by atoms with E-state index in [0.717, 1.165) is 17.6 Å². The van der Waals surface area contributed by atoms with Crippen molar-refractivity contribution in [2.45, 2.75) is 6.42 Å². The van der Waals surface area contributed by atoms with Gasteiger partial charge in [-0.25, -0.2) is 14.4 Å². The maximum atomic E-state index is 14.5. The van der Waals surface area contributed by atoms with E-state index >= 15 is 0 Å². The highest BCUT2D eigenvalue weighted by molar-refractivity contribution is 6.42. The summed E-state index contributed by atoms with van der Waals surface area (Å²) in [5, 5.41) is 5.31. The molecule has 1 aromatic heterocycles. The van der Waals surface area contributed by atoms with Gasteiger partial charge >= 0.3 is 0 Å². The summed E-state index contributed by atoms with van der Waals surface area (Å²) < 4.78 is 20.1. The van der Waals surface area contributed by atoms with Crippen molar-refractivity contribution in [3.63, 3.8) is 0 Å². The van der Waals surface area contributed by atoms with Crippen molar-refractivity contribution < 1.29 is 9.13 Å². The van der Waals surface area contributed by atoms with Crippen LogP contribution in [0.3, 0.4) is 0 Å². The number of benzene rings is 2. The number of fused-ring (bicyclic) bond motifs is 1. The lowest BCUT2D eigenvalue weighted by atomic mass is 9.99. The van der Waals surface area contributed by atoms with E-state index in [1.54, 1.807) is 18.2 Å². The van der Waals surface area contributed by atoms with Gasteiger partial charge in [-0.2, -0.15) is 11.5 Å². The van der Waals surface area contributed by atoms with Crippen LogP contribution in [-0.4, -0.2) is 35.2 Å². The first-order valence-electron chi connectivity index (χ1n) is 9.06. The van der Waals surface area contributed by atoms with Crippen LogP contribution < -0.4 is 10.1 Å². The van der Waals surface area contributed by atoms with Gasteiger partial charge in [0.15, 0.2) is 5.82 Å². The highest BCUT2D eigenvalue weighted by atomic mass is 35.5. The number of hydrogen-bond acceptors (Lipinski definition) is 5. The molecular weight excluding hydrogens is 428 g/mol. The van der Waals surface area contributed by atoms with Crippen molar-refractivity contribution in [2.75, 3.05) is 25.5 Å². The molecule has 0 bridgehead atoms. The number of ether oxygens (including phenoxy) is 1. The number of halogens is 3. The fraction of sp³-hybridized carbons (Fsp3) is 0.190. The van der Waals surface area contributed by atoms with Crippen molar-refractivity contribution >= 4 is 51.2 Å². The molecule has 0 aliphatic carbocycles. The SMILES string of the molecule is [C-]#[N+]N1CCC=C(c2cc3c(Nc4ccc(Cl)c(Cl)c4F)ncnc3cc2OC)C1. The fourth-order valence-electron chi connectivity index (χ4n) is 3.36. The summed E-state index contributed by atoms with van der Waals surface area (Å²) in [5.41, 5.74) is 2.60. The molecule has 0 saturated heterocycles. The number of hydrogen-bond donors (Lipinski definition) is 1. The number of rotatable bonds is 4. The number of aromatic nitrogens is 2. The molecule has 4 rings (SSSR count). The number of methoxy groups -OCH3 is 1. The lowest BCUT2D eigenvalue weighted by Gasteiger charge is -2.20. The third-order valence-corrected chi connectivity index (χ3v) is 5.64. The van der Waals surface area contributed by atoms with Gasteiger partial charge in [0.05, 0.1) is 34.9 Å². The zero-order valence-electron chi connectivity index (χ0n) is 15.9. The monoisotopic (exact) mass is 443 g/mol. The Morgan fingerprint density at radius 1 is 1.27 bits per heavy atom. The Bertz CT molecular complexity index is 1210. The maximum Gasteiger partial charge on any atom is 0.166 e. The van der Waals surface area contributed by atoms with Gasteiger partial charge in [0.2, 0.25) is 0 Å². The summed E-state index contributed by atoms with van der Waals surface area (Å²) in [6.07, 6.45) is 4.25. The molecule has 1 aliphatic rings. The van der Waals surface area contributed by atoms with E-state index in [1.807, 2.05) is 6.07 Å². The standard InChI is InChI=1S/C21H16Cl2FN5O/c1-25-29-7-3-4-12(10-29)13-8-14-17(9-18(13)30-2)26-11-27-21(14)28-16-6-5-15(22)19(23)20(16)24/h4-6,8-9,11H,3,7,10H2,2H3,(H,26,27,28). The van der Waals surface area contributed by atoms with Gasteiger partial charge in [-0.05, 0) is 30.2 Å². The van der Waals surface area contributed by atoms with Crippen molar-refractivity contribution in [1.82, 2.24) is 15.0 Å². The minimum atomic E-state index is -0.660. The molecule has 0 atom stereocenters. The Labute approximate surface area is 182 Å². The van der Waals surface area contributed by atoms with Crippen LogP contribution in [0.4, 0.5) is 15.9 Å². The summed E-state index contributed by atoms with van der Waals surface area (Å²) >= 11 is 11.8. The third-order valence-electron chi connectivity index (χ3n) is 4.86. The van der Waals surface area contributed by atoms with Crippen LogP contribution in [0.5, 0.6) is 5.75 Å². The predicted molar refractivity (Wildman–Crippen MR) is 117 cm³/mol. The van der Waals surface area contributed by atoms with E-state index in [-0.39, 0.29) is 15.7 Å². The van der Waals surface area contributed by atoms with E-state index in [9.17, 15) is 4.39 Å². The minimum absolute atomic E-state index is 0.132. The molecule has 6 nitrogen and oxygen atoms in total. The fourth-order valence-corrected chi connectivity index (χ4v) is 3.67. The number of nitrogens with one attached hydrogen (secondary N) is 1. The molecule has 0 spiro atoms. The van der Waals surface area contributed by atoms with E-state index in [4.69, 9.17) is 34.5 Å². The molecule has 0 fully saturated rings. The molecule has 0 unspecified atom stereocenters. The second-order valence-electron chi connectivity index (χ2n) is 6.65. The number of nitrogens with zero attached hydrogens (tertiary/aromatic N) is 4. The largest absolute Gasteiger partial charge is 0.496 e. The highest BCUT2D eigenvalue weighted by Crippen LogP contribution is 2.36. The molecule has 1 N–H and O–H groups in total. The van der Waals surface area contributed by atoms with E-state index in [2.05, 4.69) is 26.3 Å². The second-order valence-corrected chi connectivity index (χ2v) is 7.43. The molecule has 0 saturated carbocycles. The van der Waals surface area contributed by atoms with Crippen molar-refractivity contribution in [1.29, 1.82) is 0 Å². The summed E-state index contributed by atoms with van der Waals surface area (Å²) in [4.78, 5) is 12.1. The molecule has 3 aromatic rings. The second kappa shape index (κ2) is 8.34. The smallest absolute Gasteiger partial charge is 0.166 e. The molecule has 152 valence electrons. The Hall–Kier alpha value is -3.08. The average molecular weight is 444 g/mol. The van der Waals surface area contributed by atoms with Gasteiger partial charge in [-0.15, -0.1) is 5.01 Å². The van der Waals surface area contributed by atoms with Crippen LogP contribution >= 0.6 is 23.2 Å². The third kappa shape index (κ3) is 3.72. The zero-order chi connectivity index (χ0) is 21.3. The lowest BCUT2D eigenvalue weighted by molar-refractivity contribution is 0.402. The first-order chi connectivity index (χ1) is 14.5. The van der Waals surface area contributed by atoms with Gasteiger partial charge in [0.1, 0.15) is 24.4 Å². The van der Waals surface area contributed by atoms with Gasteiger partial charge in [-0.1, -0.05) is 29.3 Å². The van der Waals surface area contributed by atoms with Crippen molar-refractivity contribution in [3.8, 4) is 5.75 Å². The van der Waals surface area contributed by atoms with Crippen LogP contribution in [-0.2, 0) is 0 Å². The summed E-state index contributed by atoms with van der Waals surface area (Å²) in [5.74, 6) is 0.401. The van der Waals surface area contributed by atoms with Crippen LogP contribution in [0, 0.1) is 12.4 Å². The Balaban J connectivity index is 1.82. The predicted octanol–water partition coefficient (Wildman–Crippen LogP) is 5.75. The van der Waals surface area contributed by atoms with Crippen molar-refractivity contribution in [2.24, 2.45) is 0 Å². The van der Waals surface area contributed by atoms with Crippen molar-refractivity contribution in [3.05, 3.63) is 69.6 Å². The Kier molecular flexibility index (Phi) is 5.62. The Morgan fingerprint density at radius 2 is 2.10 bits per heavy atom. The molecule has 2 aromatic carbocycles. The molecule has 30 heavy (non-hydrogen) atoms. The quantitative estimate of drug-likeness (QED) is 0.410. The van der Waals surface area contributed by atoms with Gasteiger partial charge in [-0.3, -0.25) is 0 Å². The Morgan fingerprint density at radius 3 is 2.87 bits per heavy atom. The van der Waals surface area contributed by atoms with E-state index in [1.165, 1.54) is 18.5 Å². The normalized spacial score (nSPS) is 13.7. The van der Waals surface area contributed by atoms with Gasteiger partial charge in [0, 0.05) is 17.0 Å². The molecule has 9 heteroatoms. The molecule has 1 aliphatic heterocycles. The summed E-state index contributed by atoms with van der Waals surface area (Å²) in [7, 11) is 1.59. The van der Waals surface area contributed by atoms with Gasteiger partial charge < -0.3 is 10.1 Å². The number of anilines is 2. The first kappa shape index (κ1) is 20.2. The van der Waals surface area contributed by atoms with E-state index in [0.29, 0.717) is 35.6 Å². The minimum Gasteiger partial charge on any atom is -0.496 e. The van der Waals surface area contributed by atoms with E-state index < -0.39 is 5.82 Å². The molecular formula is C21H16Cl2FN5O. The van der Waals surface area contributed by atoms with Crippen LogP contribution in [0.2, 0.25) is 10.0 Å². The topological polar surface area (TPSA) is 54.6 Å². The zero-order valence-corrected chi connectivity index (χ0v) is 17.4. The first-order valence-corrected chi connectivity index (χ1v) is 9.82. The summed E-state index contributed by atoms with van der Waals surface area (Å²) in [6, 6.07) is 6.71. The maximum absolute atomic E-state index is 14.5. The van der Waals surface area contributed by atoms with Crippen LogP contribution in [0.1, 0.15) is 12.0 Å². The summed E-state index contributed by atoms with van der Waals surface area (Å²) in [6.45, 7) is 8.48. The molecule has 2 heterocycles. The lowest BCUT2D eigenvalue weighted by Crippen LogP contribution is -2.22. The molecule has 0 radical (unpaired) electrons. The van der Waals surface area contributed by atoms with Crippen LogP contribution in [0.25, 0.3) is 21.4 Å². The molecule has 0 amide bonds. The van der Waals surface area contributed by atoms with Gasteiger partial charge in [0.25, 0.3) is 0 Å². The highest BCUT2D eigenvalue weighted by Gasteiger charge is 2.21. The average Bonchev–Trinajstić information content (AvgIpc) is 2.78. The van der Waals surface area contributed by atoms with Crippen LogP contribution in [0.15, 0.2) is 36.7 Å².